The minimum absolute atomic E-state index is 0.0856. The number of carbonyl (C=O) groups is 3. The predicted octanol–water partition coefficient (Wildman–Crippen LogP) is 2.91. The average molecular weight is 349 g/mol. The van der Waals surface area contributed by atoms with Crippen LogP contribution in [0.1, 0.15) is 52.1 Å². The quantitative estimate of drug-likeness (QED) is 0.477. The van der Waals surface area contributed by atoms with Crippen LogP contribution in [0.15, 0.2) is 24.4 Å². The molecule has 1 aromatic heterocycles. The highest BCUT2D eigenvalue weighted by atomic mass is 16.6. The first-order valence-electron chi connectivity index (χ1n) is 8.70. The molecule has 0 aliphatic carbocycles. The first kappa shape index (κ1) is 20.8. The van der Waals surface area contributed by atoms with E-state index in [1.54, 1.807) is 38.2 Å². The summed E-state index contributed by atoms with van der Waals surface area (Å²) in [5.74, 6) is -4.09. The van der Waals surface area contributed by atoms with Crippen molar-refractivity contribution in [2.75, 3.05) is 13.2 Å². The monoisotopic (exact) mass is 349 g/mol. The van der Waals surface area contributed by atoms with Crippen molar-refractivity contribution in [3.05, 3.63) is 30.1 Å². The van der Waals surface area contributed by atoms with E-state index in [1.165, 1.54) is 0 Å². The largest absolute Gasteiger partial charge is 0.465 e. The summed E-state index contributed by atoms with van der Waals surface area (Å²) in [5.41, 5.74) is 0.548. The Morgan fingerprint density at radius 3 is 2.04 bits per heavy atom. The molecule has 0 fully saturated rings. The molecule has 0 saturated heterocycles. The number of rotatable bonds is 10. The van der Waals surface area contributed by atoms with Crippen LogP contribution in [0.2, 0.25) is 0 Å². The Balaban J connectivity index is 3.15. The third-order valence-corrected chi connectivity index (χ3v) is 3.75. The normalized spacial score (nSPS) is 12.1. The predicted molar refractivity (Wildman–Crippen MR) is 92.8 cm³/mol. The first-order valence-corrected chi connectivity index (χ1v) is 8.70. The lowest BCUT2D eigenvalue weighted by molar-refractivity contribution is -0.164. The van der Waals surface area contributed by atoms with Crippen molar-refractivity contribution in [2.24, 2.45) is 11.8 Å². The van der Waals surface area contributed by atoms with E-state index in [2.05, 4.69) is 4.98 Å². The molecule has 6 nitrogen and oxygen atoms in total. The molecule has 138 valence electrons. The zero-order chi connectivity index (χ0) is 18.8. The summed E-state index contributed by atoms with van der Waals surface area (Å²) in [4.78, 5) is 41.7. The standard InChI is InChI=1S/C19H27NO5/c1-5-24-18(22)16(19(23)25-6-2)17(21)14(11-10-13(3)4)15-9-7-8-12-20-15/h7-9,12-14,16H,5-6,10-11H2,1-4H3. The molecule has 25 heavy (non-hydrogen) atoms. The van der Waals surface area contributed by atoms with Gasteiger partial charge in [-0.15, -0.1) is 0 Å². The SMILES string of the molecule is CCOC(=O)C(C(=O)OCC)C(=O)C(CCC(C)C)c1ccccn1. The van der Waals surface area contributed by atoms with Crippen LogP contribution in [-0.2, 0) is 23.9 Å². The van der Waals surface area contributed by atoms with Crippen molar-refractivity contribution in [1.29, 1.82) is 0 Å². The molecule has 1 rings (SSSR count). The number of aromatic nitrogens is 1. The van der Waals surface area contributed by atoms with Gasteiger partial charge in [-0.25, -0.2) is 0 Å². The van der Waals surface area contributed by atoms with Crippen molar-refractivity contribution >= 4 is 17.7 Å². The van der Waals surface area contributed by atoms with Gasteiger partial charge in [0.15, 0.2) is 5.78 Å². The van der Waals surface area contributed by atoms with Gasteiger partial charge in [0.2, 0.25) is 5.92 Å². The lowest BCUT2D eigenvalue weighted by Crippen LogP contribution is -2.38. The highest BCUT2D eigenvalue weighted by Gasteiger charge is 2.41. The van der Waals surface area contributed by atoms with Crippen LogP contribution in [-0.4, -0.2) is 35.9 Å². The fourth-order valence-corrected chi connectivity index (χ4v) is 2.50. The Labute approximate surface area is 148 Å². The number of pyridine rings is 1. The van der Waals surface area contributed by atoms with Crippen molar-refractivity contribution < 1.29 is 23.9 Å². The number of carbonyl (C=O) groups excluding carboxylic acids is 3. The van der Waals surface area contributed by atoms with E-state index in [0.717, 1.165) is 6.42 Å². The molecule has 6 heteroatoms. The minimum Gasteiger partial charge on any atom is -0.465 e. The van der Waals surface area contributed by atoms with E-state index in [4.69, 9.17) is 9.47 Å². The van der Waals surface area contributed by atoms with Gasteiger partial charge in [0.1, 0.15) is 0 Å². The maximum Gasteiger partial charge on any atom is 0.328 e. The van der Waals surface area contributed by atoms with Crippen LogP contribution >= 0.6 is 0 Å². The van der Waals surface area contributed by atoms with Gasteiger partial charge < -0.3 is 9.47 Å². The van der Waals surface area contributed by atoms with Crippen LogP contribution in [0.5, 0.6) is 0 Å². The molecule has 0 bridgehead atoms. The van der Waals surface area contributed by atoms with Crippen molar-refractivity contribution in [3.63, 3.8) is 0 Å². The molecule has 0 aliphatic heterocycles. The van der Waals surface area contributed by atoms with Crippen molar-refractivity contribution in [1.82, 2.24) is 4.98 Å². The molecule has 0 aromatic carbocycles. The van der Waals surface area contributed by atoms with Crippen LogP contribution in [0.25, 0.3) is 0 Å². The molecule has 0 saturated carbocycles. The highest BCUT2D eigenvalue weighted by Crippen LogP contribution is 2.27. The number of ketones is 1. The van der Waals surface area contributed by atoms with Gasteiger partial charge in [0.25, 0.3) is 0 Å². The lowest BCUT2D eigenvalue weighted by atomic mass is 9.85. The molecule has 1 unspecified atom stereocenters. The second-order valence-electron chi connectivity index (χ2n) is 6.12. The van der Waals surface area contributed by atoms with Gasteiger partial charge in [0, 0.05) is 6.20 Å². The smallest absolute Gasteiger partial charge is 0.328 e. The maximum absolute atomic E-state index is 13.0. The third-order valence-electron chi connectivity index (χ3n) is 3.75. The number of hydrogen-bond acceptors (Lipinski definition) is 6. The van der Waals surface area contributed by atoms with E-state index in [1.807, 2.05) is 13.8 Å². The molecular weight excluding hydrogens is 322 g/mol. The zero-order valence-electron chi connectivity index (χ0n) is 15.4. The summed E-state index contributed by atoms with van der Waals surface area (Å²) in [6.45, 7) is 7.52. The molecule has 0 aliphatic rings. The topological polar surface area (TPSA) is 82.6 Å². The average Bonchev–Trinajstić information content (AvgIpc) is 2.56. The molecule has 1 heterocycles. The Kier molecular flexibility index (Phi) is 8.81. The fraction of sp³-hybridized carbons (Fsp3) is 0.579. The zero-order valence-corrected chi connectivity index (χ0v) is 15.4. The van der Waals surface area contributed by atoms with Gasteiger partial charge in [-0.2, -0.15) is 0 Å². The summed E-state index contributed by atoms with van der Waals surface area (Å²) < 4.78 is 9.85. The second kappa shape index (κ2) is 10.6. The number of esters is 2. The molecular formula is C19H27NO5. The molecule has 1 atom stereocenters. The third kappa shape index (κ3) is 6.29. The second-order valence-corrected chi connectivity index (χ2v) is 6.12. The maximum atomic E-state index is 13.0. The highest BCUT2D eigenvalue weighted by molar-refractivity contribution is 6.16. The lowest BCUT2D eigenvalue weighted by Gasteiger charge is -2.21. The van der Waals surface area contributed by atoms with Crippen LogP contribution in [0.4, 0.5) is 0 Å². The van der Waals surface area contributed by atoms with E-state index in [9.17, 15) is 14.4 Å². The Bertz CT molecular complexity index is 552. The summed E-state index contributed by atoms with van der Waals surface area (Å²) in [6, 6.07) is 5.26. The van der Waals surface area contributed by atoms with Crippen LogP contribution < -0.4 is 0 Å². The van der Waals surface area contributed by atoms with E-state index in [-0.39, 0.29) is 13.2 Å². The van der Waals surface area contributed by atoms with E-state index < -0.39 is 29.6 Å². The van der Waals surface area contributed by atoms with Gasteiger partial charge in [-0.3, -0.25) is 19.4 Å². The Morgan fingerprint density at radius 1 is 1.00 bits per heavy atom. The van der Waals surface area contributed by atoms with Crippen LogP contribution in [0.3, 0.4) is 0 Å². The molecule has 0 spiro atoms. The van der Waals surface area contributed by atoms with Crippen molar-refractivity contribution in [2.45, 2.75) is 46.5 Å². The Morgan fingerprint density at radius 2 is 1.60 bits per heavy atom. The van der Waals surface area contributed by atoms with Crippen molar-refractivity contribution in [3.8, 4) is 0 Å². The summed E-state index contributed by atoms with van der Waals surface area (Å²) in [6.07, 6.45) is 2.86. The molecule has 1 aromatic rings. The number of nitrogens with zero attached hydrogens (tertiary/aromatic N) is 1. The van der Waals surface area contributed by atoms with E-state index in [0.29, 0.717) is 18.0 Å². The number of hydrogen-bond donors (Lipinski definition) is 0. The van der Waals surface area contributed by atoms with Gasteiger partial charge in [-0.05, 0) is 44.7 Å². The number of ether oxygens (including phenoxy) is 2. The summed E-state index contributed by atoms with van der Waals surface area (Å²) >= 11 is 0. The van der Waals surface area contributed by atoms with Gasteiger partial charge in [-0.1, -0.05) is 19.9 Å². The molecule has 0 amide bonds. The molecule has 0 N–H and O–H groups in total. The minimum atomic E-state index is -1.57. The van der Waals surface area contributed by atoms with Gasteiger partial charge in [0.05, 0.1) is 24.8 Å². The Hall–Kier alpha value is -2.24. The summed E-state index contributed by atoms with van der Waals surface area (Å²) in [5, 5.41) is 0. The molecule has 0 radical (unpaired) electrons. The number of Topliss-reactive ketones (excluding diaryl/α,β-unsaturated/α-hetero) is 1. The summed E-state index contributed by atoms with van der Waals surface area (Å²) in [7, 11) is 0. The van der Waals surface area contributed by atoms with Crippen LogP contribution in [0, 0.1) is 11.8 Å². The van der Waals surface area contributed by atoms with E-state index >= 15 is 0 Å². The van der Waals surface area contributed by atoms with Gasteiger partial charge >= 0.3 is 11.9 Å². The first-order chi connectivity index (χ1) is 11.9. The fourth-order valence-electron chi connectivity index (χ4n) is 2.50.